The molecule has 0 bridgehead atoms. The van der Waals surface area contributed by atoms with Crippen molar-refractivity contribution in [3.05, 3.63) is 47.1 Å². The maximum atomic E-state index is 12.4. The van der Waals surface area contributed by atoms with Gasteiger partial charge in [-0.15, -0.1) is 0 Å². The van der Waals surface area contributed by atoms with Crippen molar-refractivity contribution in [2.45, 2.75) is 51.2 Å². The normalized spacial score (nSPS) is 21.1. The van der Waals surface area contributed by atoms with Crippen molar-refractivity contribution in [1.29, 1.82) is 5.26 Å². The number of carbonyl (C=O) groups excluding carboxylic acids is 1. The zero-order valence-electron chi connectivity index (χ0n) is 13.9. The fourth-order valence-corrected chi connectivity index (χ4v) is 3.25. The molecule has 4 nitrogen and oxygen atoms in total. The number of nitrogens with zero attached hydrogens (tertiary/aromatic N) is 1. The first kappa shape index (κ1) is 16.3. The second-order valence-corrected chi connectivity index (χ2v) is 6.42. The van der Waals surface area contributed by atoms with Crippen molar-refractivity contribution in [3.63, 3.8) is 0 Å². The number of rotatable bonds is 3. The number of nitriles is 1. The molecule has 0 aromatic heterocycles. The van der Waals surface area contributed by atoms with Crippen molar-refractivity contribution in [2.75, 3.05) is 0 Å². The van der Waals surface area contributed by atoms with Crippen LogP contribution in [0, 0.1) is 11.3 Å². The van der Waals surface area contributed by atoms with Crippen LogP contribution >= 0.6 is 0 Å². The molecule has 1 atom stereocenters. The molecule has 3 rings (SSSR count). The van der Waals surface area contributed by atoms with Crippen LogP contribution in [0.2, 0.25) is 0 Å². The van der Waals surface area contributed by atoms with E-state index in [0.717, 1.165) is 42.6 Å². The molecule has 1 heterocycles. The van der Waals surface area contributed by atoms with E-state index in [0.29, 0.717) is 0 Å². The number of hydrogen-bond donors (Lipinski definition) is 1. The molecule has 1 aromatic rings. The van der Waals surface area contributed by atoms with Crippen LogP contribution < -0.4 is 10.1 Å². The van der Waals surface area contributed by atoms with Crippen LogP contribution in [0.4, 0.5) is 0 Å². The molecular formula is C20H22N2O2. The minimum absolute atomic E-state index is 0.140. The molecule has 4 heteroatoms. The number of fused-ring (bicyclic) bond motifs is 1. The van der Waals surface area contributed by atoms with Crippen LogP contribution in [-0.2, 0) is 4.79 Å². The Labute approximate surface area is 142 Å². The molecule has 1 unspecified atom stereocenters. The van der Waals surface area contributed by atoms with Gasteiger partial charge in [0.15, 0.2) is 0 Å². The summed E-state index contributed by atoms with van der Waals surface area (Å²) in [5.74, 6) is 0.545. The minimum atomic E-state index is -0.281. The quantitative estimate of drug-likeness (QED) is 0.681. The number of ether oxygens (including phenoxy) is 1. The lowest BCUT2D eigenvalue weighted by Gasteiger charge is -2.24. The Kier molecular flexibility index (Phi) is 5.00. The Hall–Kier alpha value is -2.54. The second-order valence-electron chi connectivity index (χ2n) is 6.42. The standard InChI is InChI=1S/C20H22N2O2/c1-14-16(11-15-7-5-6-10-19(15)24-14)12-17(13-21)20(23)22-18-8-3-2-4-9-18/h5-7,10-12,14,18H,2-4,8-9H2,1H3,(H,22,23)/b17-12+. The Morgan fingerprint density at radius 3 is 2.79 bits per heavy atom. The highest BCUT2D eigenvalue weighted by Crippen LogP contribution is 2.30. The highest BCUT2D eigenvalue weighted by molar-refractivity contribution is 5.98. The van der Waals surface area contributed by atoms with Gasteiger partial charge in [-0.1, -0.05) is 37.5 Å². The maximum Gasteiger partial charge on any atom is 0.262 e. The summed E-state index contributed by atoms with van der Waals surface area (Å²) in [5, 5.41) is 12.4. The molecule has 1 aliphatic heterocycles. The van der Waals surface area contributed by atoms with Gasteiger partial charge in [-0.25, -0.2) is 0 Å². The lowest BCUT2D eigenvalue weighted by Crippen LogP contribution is -2.37. The van der Waals surface area contributed by atoms with E-state index < -0.39 is 0 Å². The van der Waals surface area contributed by atoms with Crippen LogP contribution in [0.1, 0.15) is 44.6 Å². The van der Waals surface area contributed by atoms with Gasteiger partial charge in [-0.2, -0.15) is 5.26 Å². The lowest BCUT2D eigenvalue weighted by atomic mass is 9.95. The molecule has 0 saturated heterocycles. The Morgan fingerprint density at radius 1 is 1.29 bits per heavy atom. The summed E-state index contributed by atoms with van der Waals surface area (Å²) < 4.78 is 5.87. The van der Waals surface area contributed by atoms with E-state index in [1.807, 2.05) is 43.3 Å². The number of hydrogen-bond acceptors (Lipinski definition) is 3. The van der Waals surface area contributed by atoms with Crippen molar-refractivity contribution in [2.24, 2.45) is 0 Å². The van der Waals surface area contributed by atoms with Crippen LogP contribution in [0.25, 0.3) is 6.08 Å². The Bertz CT molecular complexity index is 721. The smallest absolute Gasteiger partial charge is 0.262 e. The third kappa shape index (κ3) is 3.68. The van der Waals surface area contributed by atoms with E-state index in [2.05, 4.69) is 5.32 Å². The van der Waals surface area contributed by atoms with E-state index in [1.165, 1.54) is 6.42 Å². The fourth-order valence-electron chi connectivity index (χ4n) is 3.25. The number of carbonyl (C=O) groups is 1. The largest absolute Gasteiger partial charge is 0.485 e. The number of benzene rings is 1. The van der Waals surface area contributed by atoms with Crippen LogP contribution in [-0.4, -0.2) is 18.1 Å². The number of para-hydroxylation sites is 1. The molecule has 2 aliphatic rings. The summed E-state index contributed by atoms with van der Waals surface area (Å²) in [6.07, 6.45) is 8.96. The van der Waals surface area contributed by atoms with E-state index >= 15 is 0 Å². The molecule has 24 heavy (non-hydrogen) atoms. The van der Waals surface area contributed by atoms with Gasteiger partial charge in [-0.05, 0) is 43.6 Å². The molecule has 0 radical (unpaired) electrons. The van der Waals surface area contributed by atoms with Gasteiger partial charge in [0.25, 0.3) is 5.91 Å². The third-order valence-electron chi connectivity index (χ3n) is 4.63. The van der Waals surface area contributed by atoms with Crippen LogP contribution in [0.15, 0.2) is 41.5 Å². The average Bonchev–Trinajstić information content (AvgIpc) is 2.60. The topological polar surface area (TPSA) is 62.1 Å². The number of amides is 1. The lowest BCUT2D eigenvalue weighted by molar-refractivity contribution is -0.118. The SMILES string of the molecule is CC1Oc2ccccc2C=C1/C=C(\C#N)C(=O)NC1CCCCC1. The molecule has 124 valence electrons. The number of nitrogens with one attached hydrogen (secondary N) is 1. The zero-order chi connectivity index (χ0) is 16.9. The van der Waals surface area contributed by atoms with Crippen molar-refractivity contribution >= 4 is 12.0 Å². The second kappa shape index (κ2) is 7.35. The molecule has 1 aromatic carbocycles. The molecule has 1 saturated carbocycles. The van der Waals surface area contributed by atoms with E-state index in [9.17, 15) is 10.1 Å². The Morgan fingerprint density at radius 2 is 2.04 bits per heavy atom. The summed E-state index contributed by atoms with van der Waals surface area (Å²) in [6, 6.07) is 9.98. The van der Waals surface area contributed by atoms with Gasteiger partial charge in [-0.3, -0.25) is 4.79 Å². The maximum absolute atomic E-state index is 12.4. The monoisotopic (exact) mass is 322 g/mol. The van der Waals surface area contributed by atoms with Gasteiger partial charge < -0.3 is 10.1 Å². The summed E-state index contributed by atoms with van der Waals surface area (Å²) in [4.78, 5) is 12.4. The minimum Gasteiger partial charge on any atom is -0.485 e. The van der Waals surface area contributed by atoms with E-state index in [-0.39, 0.29) is 23.6 Å². The predicted molar refractivity (Wildman–Crippen MR) is 93.2 cm³/mol. The summed E-state index contributed by atoms with van der Waals surface area (Å²) in [7, 11) is 0. The van der Waals surface area contributed by atoms with Gasteiger partial charge in [0.05, 0.1) is 0 Å². The van der Waals surface area contributed by atoms with Gasteiger partial charge in [0.1, 0.15) is 23.5 Å². The summed E-state index contributed by atoms with van der Waals surface area (Å²) >= 11 is 0. The van der Waals surface area contributed by atoms with E-state index in [4.69, 9.17) is 4.74 Å². The predicted octanol–water partition coefficient (Wildman–Crippen LogP) is 3.75. The molecule has 1 fully saturated rings. The summed E-state index contributed by atoms with van der Waals surface area (Å²) in [5.41, 5.74) is 1.94. The van der Waals surface area contributed by atoms with Crippen molar-refractivity contribution in [1.82, 2.24) is 5.32 Å². The first-order valence-corrected chi connectivity index (χ1v) is 8.57. The summed E-state index contributed by atoms with van der Waals surface area (Å²) in [6.45, 7) is 1.92. The van der Waals surface area contributed by atoms with Gasteiger partial charge >= 0.3 is 0 Å². The van der Waals surface area contributed by atoms with Crippen LogP contribution in [0.3, 0.4) is 0 Å². The van der Waals surface area contributed by atoms with E-state index in [1.54, 1.807) is 6.08 Å². The average molecular weight is 322 g/mol. The first-order valence-electron chi connectivity index (χ1n) is 8.57. The third-order valence-corrected chi connectivity index (χ3v) is 4.63. The Balaban J connectivity index is 1.78. The molecule has 1 N–H and O–H groups in total. The van der Waals surface area contributed by atoms with Crippen molar-refractivity contribution < 1.29 is 9.53 Å². The first-order chi connectivity index (χ1) is 11.7. The highest BCUT2D eigenvalue weighted by Gasteiger charge is 2.21. The van der Waals surface area contributed by atoms with Gasteiger partial charge in [0.2, 0.25) is 0 Å². The zero-order valence-corrected chi connectivity index (χ0v) is 13.9. The molecular weight excluding hydrogens is 300 g/mol. The van der Waals surface area contributed by atoms with Gasteiger partial charge in [0, 0.05) is 11.6 Å². The molecule has 1 aliphatic carbocycles. The van der Waals surface area contributed by atoms with Crippen LogP contribution in [0.5, 0.6) is 5.75 Å². The van der Waals surface area contributed by atoms with Crippen molar-refractivity contribution in [3.8, 4) is 11.8 Å². The fraction of sp³-hybridized carbons (Fsp3) is 0.400. The molecule has 0 spiro atoms. The molecule has 1 amide bonds. The highest BCUT2D eigenvalue weighted by atomic mass is 16.5.